The maximum absolute atomic E-state index is 12.6. The highest BCUT2D eigenvalue weighted by Crippen LogP contribution is 2.45. The normalized spacial score (nSPS) is 19.7. The largest absolute Gasteiger partial charge is 0.444 e. The Morgan fingerprint density at radius 2 is 2.37 bits per heavy atom. The minimum atomic E-state index is -0.413. The summed E-state index contributed by atoms with van der Waals surface area (Å²) in [6.45, 7) is 0. The number of hydrogen-bond acceptors (Lipinski definition) is 7. The molecule has 0 amide bonds. The summed E-state index contributed by atoms with van der Waals surface area (Å²) >= 11 is 3.20. The number of thiophene rings is 1. The van der Waals surface area contributed by atoms with Crippen molar-refractivity contribution < 1.29 is 9.53 Å². The van der Waals surface area contributed by atoms with Crippen LogP contribution < -0.4 is 5.73 Å². The number of Topliss-reactive ketones (excluding diaryl/α,β-unsaturated/α-hetero) is 1. The number of nitrogens with zero attached hydrogens (tertiary/aromatic N) is 3. The molecule has 6 nitrogen and oxygen atoms in total. The number of thioether (sulfide) groups is 1. The zero-order chi connectivity index (χ0) is 19.0. The van der Waals surface area contributed by atoms with E-state index in [1.54, 1.807) is 29.3 Å². The van der Waals surface area contributed by atoms with Crippen LogP contribution in [-0.2, 0) is 22.3 Å². The first-order chi connectivity index (χ1) is 13.1. The summed E-state index contributed by atoms with van der Waals surface area (Å²) in [6, 6.07) is 4.22. The lowest BCUT2D eigenvalue weighted by molar-refractivity contribution is -0.116. The average Bonchev–Trinajstić information content (AvgIpc) is 3.28. The highest BCUT2D eigenvalue weighted by Gasteiger charge is 2.38. The maximum Gasteiger partial charge on any atom is 0.205 e. The van der Waals surface area contributed by atoms with Crippen molar-refractivity contribution in [2.75, 3.05) is 0 Å². The number of ketones is 1. The summed E-state index contributed by atoms with van der Waals surface area (Å²) in [5.74, 6) is 1.16. The van der Waals surface area contributed by atoms with Crippen LogP contribution in [0.2, 0.25) is 0 Å². The van der Waals surface area contributed by atoms with Gasteiger partial charge in [0, 0.05) is 48.5 Å². The Morgan fingerprint density at radius 1 is 1.52 bits per heavy atom. The van der Waals surface area contributed by atoms with E-state index in [4.69, 9.17) is 10.5 Å². The van der Waals surface area contributed by atoms with E-state index in [0.717, 1.165) is 27.8 Å². The van der Waals surface area contributed by atoms with E-state index < -0.39 is 5.92 Å². The van der Waals surface area contributed by atoms with Gasteiger partial charge in [-0.1, -0.05) is 11.8 Å². The lowest BCUT2D eigenvalue weighted by Crippen LogP contribution is -2.27. The van der Waals surface area contributed by atoms with Crippen molar-refractivity contribution in [3.8, 4) is 6.07 Å². The van der Waals surface area contributed by atoms with Crippen LogP contribution in [0.5, 0.6) is 0 Å². The third-order valence-electron chi connectivity index (χ3n) is 4.71. The van der Waals surface area contributed by atoms with Crippen molar-refractivity contribution in [1.82, 2.24) is 9.55 Å². The first kappa shape index (κ1) is 17.9. The number of imidazole rings is 1. The SMILES string of the molecule is Cn1ccnc1SCc1csc([C@@H]2C(C#N)=C(N)OC3=C2C(=O)CCC3)c1. The van der Waals surface area contributed by atoms with Crippen molar-refractivity contribution in [2.24, 2.45) is 12.8 Å². The van der Waals surface area contributed by atoms with Crippen molar-refractivity contribution in [2.45, 2.75) is 36.1 Å². The predicted molar refractivity (Wildman–Crippen MR) is 104 cm³/mol. The van der Waals surface area contributed by atoms with Gasteiger partial charge >= 0.3 is 0 Å². The smallest absolute Gasteiger partial charge is 0.205 e. The summed E-state index contributed by atoms with van der Waals surface area (Å²) in [6.07, 6.45) is 5.63. The van der Waals surface area contributed by atoms with E-state index in [0.29, 0.717) is 29.7 Å². The Morgan fingerprint density at radius 3 is 3.11 bits per heavy atom. The minimum absolute atomic E-state index is 0.0545. The Balaban J connectivity index is 1.64. The van der Waals surface area contributed by atoms with Crippen LogP contribution in [0.3, 0.4) is 0 Å². The molecule has 8 heteroatoms. The molecule has 0 aromatic carbocycles. The summed E-state index contributed by atoms with van der Waals surface area (Å²) in [5.41, 5.74) is 8.07. The molecule has 2 N–H and O–H groups in total. The molecule has 4 rings (SSSR count). The number of allylic oxidation sites excluding steroid dienone is 3. The lowest BCUT2D eigenvalue weighted by atomic mass is 9.80. The molecule has 2 aliphatic rings. The number of aryl methyl sites for hydroxylation is 1. The highest BCUT2D eigenvalue weighted by atomic mass is 32.2. The van der Waals surface area contributed by atoms with E-state index >= 15 is 0 Å². The van der Waals surface area contributed by atoms with Gasteiger partial charge in [0.25, 0.3) is 0 Å². The van der Waals surface area contributed by atoms with E-state index in [9.17, 15) is 10.1 Å². The van der Waals surface area contributed by atoms with Gasteiger partial charge in [0.2, 0.25) is 5.88 Å². The van der Waals surface area contributed by atoms with Gasteiger partial charge in [-0.05, 0) is 23.4 Å². The second-order valence-electron chi connectivity index (χ2n) is 6.51. The molecule has 27 heavy (non-hydrogen) atoms. The fourth-order valence-electron chi connectivity index (χ4n) is 3.40. The molecule has 3 heterocycles. The summed E-state index contributed by atoms with van der Waals surface area (Å²) in [7, 11) is 1.96. The molecule has 2 aromatic rings. The highest BCUT2D eigenvalue weighted by molar-refractivity contribution is 7.98. The monoisotopic (exact) mass is 398 g/mol. The first-order valence-corrected chi connectivity index (χ1v) is 10.5. The van der Waals surface area contributed by atoms with Crippen molar-refractivity contribution >= 4 is 28.9 Å². The van der Waals surface area contributed by atoms with Gasteiger partial charge < -0.3 is 15.0 Å². The predicted octanol–water partition coefficient (Wildman–Crippen LogP) is 3.59. The summed E-state index contributed by atoms with van der Waals surface area (Å²) in [5, 5.41) is 12.6. The molecule has 1 atom stereocenters. The fourth-order valence-corrected chi connectivity index (χ4v) is 5.40. The minimum Gasteiger partial charge on any atom is -0.444 e. The summed E-state index contributed by atoms with van der Waals surface area (Å²) < 4.78 is 7.59. The fraction of sp³-hybridized carbons (Fsp3) is 0.316. The first-order valence-electron chi connectivity index (χ1n) is 8.59. The molecule has 0 radical (unpaired) electrons. The lowest BCUT2D eigenvalue weighted by Gasteiger charge is -2.30. The van der Waals surface area contributed by atoms with Crippen LogP contribution in [0.1, 0.15) is 35.6 Å². The molecule has 0 fully saturated rings. The van der Waals surface area contributed by atoms with Crippen LogP contribution in [0.4, 0.5) is 0 Å². The summed E-state index contributed by atoms with van der Waals surface area (Å²) in [4.78, 5) is 17.9. The van der Waals surface area contributed by atoms with Crippen molar-refractivity contribution in [1.29, 1.82) is 5.26 Å². The second-order valence-corrected chi connectivity index (χ2v) is 8.39. The van der Waals surface area contributed by atoms with Gasteiger partial charge in [-0.2, -0.15) is 5.26 Å². The van der Waals surface area contributed by atoms with Gasteiger partial charge in [0.05, 0.1) is 5.92 Å². The third kappa shape index (κ3) is 3.29. The molecule has 1 aliphatic heterocycles. The molecule has 138 valence electrons. The number of rotatable bonds is 4. The van der Waals surface area contributed by atoms with Crippen LogP contribution in [0, 0.1) is 11.3 Å². The van der Waals surface area contributed by atoms with Crippen LogP contribution in [0.15, 0.2) is 51.8 Å². The van der Waals surface area contributed by atoms with Gasteiger partial charge in [0.15, 0.2) is 10.9 Å². The molecule has 0 bridgehead atoms. The molecule has 0 saturated carbocycles. The number of nitrogens with two attached hydrogens (primary N) is 1. The Hall–Kier alpha value is -2.50. The molecule has 0 spiro atoms. The molecule has 1 aliphatic carbocycles. The van der Waals surface area contributed by atoms with E-state index in [1.807, 2.05) is 17.8 Å². The standard InChI is InChI=1S/C19H18N4O2S2/c1-23-6-5-22-19(23)27-10-11-7-15(26-9-11)16-12(8-20)18(21)25-14-4-2-3-13(24)17(14)16/h5-7,9,16H,2-4,10,21H2,1H3/t16-/m0/s1. The van der Waals surface area contributed by atoms with Gasteiger partial charge in [0.1, 0.15) is 17.4 Å². The van der Waals surface area contributed by atoms with Crippen LogP contribution in [0.25, 0.3) is 0 Å². The van der Waals surface area contributed by atoms with Crippen LogP contribution >= 0.6 is 23.1 Å². The number of ether oxygens (including phenoxy) is 1. The quantitative estimate of drug-likeness (QED) is 0.791. The second kappa shape index (κ2) is 7.25. The zero-order valence-corrected chi connectivity index (χ0v) is 16.4. The third-order valence-corrected chi connectivity index (χ3v) is 6.88. The van der Waals surface area contributed by atoms with Crippen molar-refractivity contribution in [3.63, 3.8) is 0 Å². The Labute approximate surface area is 165 Å². The number of carbonyl (C=O) groups excluding carboxylic acids is 1. The maximum atomic E-state index is 12.6. The number of aromatic nitrogens is 2. The Bertz CT molecular complexity index is 1010. The van der Waals surface area contributed by atoms with E-state index in [1.165, 1.54) is 0 Å². The molecule has 2 aromatic heterocycles. The molecular formula is C19H18N4O2S2. The number of carbonyl (C=O) groups is 1. The van der Waals surface area contributed by atoms with Gasteiger partial charge in [-0.25, -0.2) is 4.98 Å². The molecular weight excluding hydrogens is 380 g/mol. The molecule has 0 unspecified atom stereocenters. The van der Waals surface area contributed by atoms with E-state index in [2.05, 4.69) is 22.5 Å². The number of hydrogen-bond donors (Lipinski definition) is 1. The zero-order valence-electron chi connectivity index (χ0n) is 14.8. The van der Waals surface area contributed by atoms with Crippen molar-refractivity contribution in [3.05, 3.63) is 57.1 Å². The molecule has 0 saturated heterocycles. The average molecular weight is 399 g/mol. The number of nitriles is 1. The Kier molecular flexibility index (Phi) is 4.81. The van der Waals surface area contributed by atoms with Crippen LogP contribution in [-0.4, -0.2) is 15.3 Å². The van der Waals surface area contributed by atoms with Gasteiger partial charge in [-0.3, -0.25) is 4.79 Å². The van der Waals surface area contributed by atoms with Gasteiger partial charge in [-0.15, -0.1) is 11.3 Å². The van der Waals surface area contributed by atoms with E-state index in [-0.39, 0.29) is 11.7 Å². The topological polar surface area (TPSA) is 93.9 Å².